The Morgan fingerprint density at radius 3 is 2.70 bits per heavy atom. The fraction of sp³-hybridized carbons (Fsp3) is 0.312. The van der Waals surface area contributed by atoms with Gasteiger partial charge < -0.3 is 10.6 Å². The number of carbonyl (C=O) groups is 1. The van der Waals surface area contributed by atoms with Gasteiger partial charge in [-0.25, -0.2) is 14.4 Å². The van der Waals surface area contributed by atoms with E-state index in [-0.39, 0.29) is 10.7 Å². The van der Waals surface area contributed by atoms with Gasteiger partial charge in [-0.2, -0.15) is 0 Å². The second kappa shape index (κ2) is 7.87. The molecule has 122 valence electrons. The Morgan fingerprint density at radius 2 is 2.09 bits per heavy atom. The number of nitrogens with zero attached hydrogens (tertiary/aromatic N) is 2. The van der Waals surface area contributed by atoms with Gasteiger partial charge in [0.2, 0.25) is 0 Å². The van der Waals surface area contributed by atoms with Crippen LogP contribution in [0.3, 0.4) is 0 Å². The van der Waals surface area contributed by atoms with E-state index in [2.05, 4.69) is 34.4 Å². The monoisotopic (exact) mass is 336 g/mol. The van der Waals surface area contributed by atoms with Crippen LogP contribution in [0.2, 0.25) is 5.02 Å². The molecule has 2 aromatic rings. The molecule has 23 heavy (non-hydrogen) atoms. The van der Waals surface area contributed by atoms with E-state index in [0.29, 0.717) is 17.4 Å². The number of amides is 1. The van der Waals surface area contributed by atoms with Crippen LogP contribution in [0.15, 0.2) is 30.6 Å². The Bertz CT molecular complexity index is 676. The molecule has 0 saturated carbocycles. The number of nitrogens with one attached hydrogen (secondary N) is 2. The summed E-state index contributed by atoms with van der Waals surface area (Å²) in [5.41, 5.74) is 0.558. The minimum atomic E-state index is -0.540. The second-order valence-electron chi connectivity index (χ2n) is 5.48. The number of halogens is 2. The minimum Gasteiger partial charge on any atom is -0.369 e. The number of carbonyl (C=O) groups excluding carboxylic acids is 1. The molecule has 1 heterocycles. The molecule has 0 radical (unpaired) electrons. The number of hydrogen-bond donors (Lipinski definition) is 2. The van der Waals surface area contributed by atoms with Crippen LogP contribution in [0.4, 0.5) is 15.9 Å². The van der Waals surface area contributed by atoms with E-state index in [1.807, 2.05) is 0 Å². The molecule has 0 aliphatic heterocycles. The molecule has 0 unspecified atom stereocenters. The van der Waals surface area contributed by atoms with Gasteiger partial charge in [0.15, 0.2) is 0 Å². The number of aromatic nitrogens is 2. The van der Waals surface area contributed by atoms with Crippen molar-refractivity contribution < 1.29 is 9.18 Å². The van der Waals surface area contributed by atoms with Gasteiger partial charge in [0.25, 0.3) is 5.91 Å². The molecule has 0 fully saturated rings. The third-order valence-electron chi connectivity index (χ3n) is 3.09. The molecule has 5 nitrogen and oxygen atoms in total. The summed E-state index contributed by atoms with van der Waals surface area (Å²) < 4.78 is 13.1. The molecule has 7 heteroatoms. The highest BCUT2D eigenvalue weighted by Gasteiger charge is 2.10. The highest BCUT2D eigenvalue weighted by atomic mass is 35.5. The predicted molar refractivity (Wildman–Crippen MR) is 89.3 cm³/mol. The van der Waals surface area contributed by atoms with Gasteiger partial charge in [-0.3, -0.25) is 4.79 Å². The lowest BCUT2D eigenvalue weighted by Crippen LogP contribution is -2.15. The lowest BCUT2D eigenvalue weighted by atomic mass is 10.1. The van der Waals surface area contributed by atoms with Crippen LogP contribution in [-0.4, -0.2) is 22.4 Å². The van der Waals surface area contributed by atoms with Crippen molar-refractivity contribution in [1.82, 2.24) is 9.97 Å². The van der Waals surface area contributed by atoms with Crippen LogP contribution in [0.25, 0.3) is 0 Å². The standard InChI is InChI=1S/C16H18ClFN4O/c1-10(2)5-6-19-15-9-20-14(8-21-15)16(23)22-11-3-4-13(18)12(17)7-11/h3-4,7-10H,5-6H2,1-2H3,(H,19,21)(H,22,23). The fourth-order valence-corrected chi connectivity index (χ4v) is 1.98. The summed E-state index contributed by atoms with van der Waals surface area (Å²) >= 11 is 5.67. The van der Waals surface area contributed by atoms with E-state index in [1.54, 1.807) is 0 Å². The molecular formula is C16H18ClFN4O. The van der Waals surface area contributed by atoms with Gasteiger partial charge in [0.05, 0.1) is 17.4 Å². The van der Waals surface area contributed by atoms with Crippen molar-refractivity contribution in [1.29, 1.82) is 0 Å². The Balaban J connectivity index is 1.95. The molecule has 0 aliphatic carbocycles. The van der Waals surface area contributed by atoms with E-state index in [9.17, 15) is 9.18 Å². The fourth-order valence-electron chi connectivity index (χ4n) is 1.79. The number of rotatable bonds is 6. The van der Waals surface area contributed by atoms with Crippen LogP contribution in [0.5, 0.6) is 0 Å². The summed E-state index contributed by atoms with van der Waals surface area (Å²) in [6.07, 6.45) is 3.92. The van der Waals surface area contributed by atoms with Crippen molar-refractivity contribution in [2.24, 2.45) is 5.92 Å². The molecular weight excluding hydrogens is 319 g/mol. The lowest BCUT2D eigenvalue weighted by molar-refractivity contribution is 0.102. The Morgan fingerprint density at radius 1 is 1.30 bits per heavy atom. The Labute approximate surface area is 139 Å². The summed E-state index contributed by atoms with van der Waals surface area (Å²) in [6.45, 7) is 5.08. The third-order valence-corrected chi connectivity index (χ3v) is 3.38. The molecule has 0 atom stereocenters. The lowest BCUT2D eigenvalue weighted by Gasteiger charge is -2.08. The number of anilines is 2. The van der Waals surface area contributed by atoms with Crippen molar-refractivity contribution >= 4 is 29.0 Å². The zero-order valence-corrected chi connectivity index (χ0v) is 13.7. The number of benzene rings is 1. The molecule has 1 aromatic heterocycles. The zero-order chi connectivity index (χ0) is 16.8. The maximum Gasteiger partial charge on any atom is 0.275 e. The normalized spacial score (nSPS) is 10.7. The van der Waals surface area contributed by atoms with Crippen LogP contribution < -0.4 is 10.6 Å². The smallest absolute Gasteiger partial charge is 0.275 e. The van der Waals surface area contributed by atoms with Gasteiger partial charge in [-0.1, -0.05) is 25.4 Å². The maximum absolute atomic E-state index is 13.1. The highest BCUT2D eigenvalue weighted by molar-refractivity contribution is 6.31. The molecule has 0 spiro atoms. The Kier molecular flexibility index (Phi) is 5.87. The average Bonchev–Trinajstić information content (AvgIpc) is 2.51. The largest absolute Gasteiger partial charge is 0.369 e. The van der Waals surface area contributed by atoms with Crippen molar-refractivity contribution in [2.75, 3.05) is 17.2 Å². The maximum atomic E-state index is 13.1. The van der Waals surface area contributed by atoms with Crippen LogP contribution in [0, 0.1) is 11.7 Å². The molecule has 2 N–H and O–H groups in total. The second-order valence-corrected chi connectivity index (χ2v) is 5.89. The quantitative estimate of drug-likeness (QED) is 0.837. The van der Waals surface area contributed by atoms with Gasteiger partial charge in [-0.15, -0.1) is 0 Å². The van der Waals surface area contributed by atoms with Crippen LogP contribution in [-0.2, 0) is 0 Å². The van der Waals surface area contributed by atoms with E-state index in [0.717, 1.165) is 13.0 Å². The molecule has 0 bridgehead atoms. The first-order valence-electron chi connectivity index (χ1n) is 7.28. The van der Waals surface area contributed by atoms with Crippen molar-refractivity contribution in [3.05, 3.63) is 47.1 Å². The number of hydrogen-bond acceptors (Lipinski definition) is 4. The molecule has 1 amide bonds. The van der Waals surface area contributed by atoms with Crippen LogP contribution >= 0.6 is 11.6 Å². The van der Waals surface area contributed by atoms with E-state index >= 15 is 0 Å². The van der Waals surface area contributed by atoms with Gasteiger partial charge >= 0.3 is 0 Å². The van der Waals surface area contributed by atoms with E-state index < -0.39 is 11.7 Å². The van der Waals surface area contributed by atoms with Gasteiger partial charge in [0, 0.05) is 12.2 Å². The zero-order valence-electron chi connectivity index (χ0n) is 12.9. The van der Waals surface area contributed by atoms with Crippen LogP contribution in [0.1, 0.15) is 30.8 Å². The summed E-state index contributed by atoms with van der Waals surface area (Å²) in [7, 11) is 0. The van der Waals surface area contributed by atoms with Gasteiger partial charge in [-0.05, 0) is 30.5 Å². The van der Waals surface area contributed by atoms with Gasteiger partial charge in [0.1, 0.15) is 17.3 Å². The van der Waals surface area contributed by atoms with Crippen molar-refractivity contribution in [3.8, 4) is 0 Å². The molecule has 0 aliphatic rings. The molecule has 0 saturated heterocycles. The minimum absolute atomic E-state index is 0.0569. The molecule has 1 aromatic carbocycles. The van der Waals surface area contributed by atoms with Crippen molar-refractivity contribution in [3.63, 3.8) is 0 Å². The van der Waals surface area contributed by atoms with Crippen molar-refractivity contribution in [2.45, 2.75) is 20.3 Å². The first-order chi connectivity index (χ1) is 11.0. The summed E-state index contributed by atoms with van der Waals surface area (Å²) in [5, 5.41) is 5.68. The van der Waals surface area contributed by atoms with E-state index in [1.165, 1.54) is 30.6 Å². The predicted octanol–water partition coefficient (Wildman–Crippen LogP) is 3.98. The van der Waals surface area contributed by atoms with E-state index in [4.69, 9.17) is 11.6 Å². The molecule has 2 rings (SSSR count). The third kappa shape index (κ3) is 5.17. The summed E-state index contributed by atoms with van der Waals surface area (Å²) in [5.74, 6) is 0.241. The first kappa shape index (κ1) is 17.1. The highest BCUT2D eigenvalue weighted by Crippen LogP contribution is 2.19. The Hall–Kier alpha value is -2.21. The topological polar surface area (TPSA) is 66.9 Å². The average molecular weight is 337 g/mol. The summed E-state index contributed by atoms with van der Waals surface area (Å²) in [6, 6.07) is 3.95. The SMILES string of the molecule is CC(C)CCNc1cnc(C(=O)Nc2ccc(F)c(Cl)c2)cn1. The first-order valence-corrected chi connectivity index (χ1v) is 7.66. The summed E-state index contributed by atoms with van der Waals surface area (Å²) in [4.78, 5) is 20.3.